The molecule has 3 aliphatic rings. The number of hydrogen-bond donors (Lipinski definition) is 0. The molecular formula is C14H24O4. The van der Waals surface area contributed by atoms with Crippen LogP contribution in [0, 0.1) is 5.92 Å². The second-order valence-corrected chi connectivity index (χ2v) is 4.94. The van der Waals surface area contributed by atoms with Crippen LogP contribution in [-0.4, -0.2) is 23.6 Å². The Bertz CT molecular complexity index is 309. The quantitative estimate of drug-likeness (QED) is 0.677. The van der Waals surface area contributed by atoms with Crippen molar-refractivity contribution in [3.63, 3.8) is 0 Å². The predicted molar refractivity (Wildman–Crippen MR) is 68.0 cm³/mol. The van der Waals surface area contributed by atoms with Gasteiger partial charge < -0.3 is 9.47 Å². The van der Waals surface area contributed by atoms with Gasteiger partial charge in [0, 0.05) is 13.3 Å². The number of rotatable bonds is 1. The third kappa shape index (κ3) is 3.03. The summed E-state index contributed by atoms with van der Waals surface area (Å²) in [5.41, 5.74) is -0.984. The minimum atomic E-state index is -0.984. The molecule has 1 saturated carbocycles. The van der Waals surface area contributed by atoms with Gasteiger partial charge in [0.25, 0.3) is 0 Å². The van der Waals surface area contributed by atoms with Crippen molar-refractivity contribution in [3.8, 4) is 0 Å². The van der Waals surface area contributed by atoms with E-state index in [0.29, 0.717) is 18.8 Å². The van der Waals surface area contributed by atoms with E-state index in [1.165, 1.54) is 6.92 Å². The molecule has 2 heterocycles. The maximum absolute atomic E-state index is 11.9. The first-order valence-corrected chi connectivity index (χ1v) is 6.94. The van der Waals surface area contributed by atoms with Crippen molar-refractivity contribution in [2.45, 2.75) is 71.5 Å². The summed E-state index contributed by atoms with van der Waals surface area (Å²) in [6.45, 7) is 7.46. The topological polar surface area (TPSA) is 52.6 Å². The number of fused-ring (bicyclic) bond motifs is 5. The van der Waals surface area contributed by atoms with E-state index >= 15 is 0 Å². The Hall–Kier alpha value is -1.06. The highest BCUT2D eigenvalue weighted by Gasteiger charge is 2.49. The molecule has 0 radical (unpaired) electrons. The molecule has 104 valence electrons. The Morgan fingerprint density at radius 2 is 2.00 bits per heavy atom. The van der Waals surface area contributed by atoms with E-state index in [2.05, 4.69) is 6.92 Å². The Balaban J connectivity index is 0.000000771. The van der Waals surface area contributed by atoms with Gasteiger partial charge in [-0.2, -0.15) is 0 Å². The van der Waals surface area contributed by atoms with Gasteiger partial charge in [-0.05, 0) is 31.6 Å². The predicted octanol–water partition coefficient (Wildman–Crippen LogP) is 2.84. The maximum Gasteiger partial charge on any atom is 0.350 e. The third-order valence-corrected chi connectivity index (χ3v) is 3.68. The lowest BCUT2D eigenvalue weighted by Gasteiger charge is -2.41. The van der Waals surface area contributed by atoms with Crippen LogP contribution >= 0.6 is 0 Å². The molecule has 3 unspecified atom stereocenters. The zero-order chi connectivity index (χ0) is 13.8. The molecule has 3 atom stereocenters. The SMILES string of the molecule is CC.CC(=O)OC12CCCC(C)C(CC1)OC2=O. The lowest BCUT2D eigenvalue weighted by molar-refractivity contribution is -0.202. The first-order chi connectivity index (χ1) is 8.53. The van der Waals surface area contributed by atoms with Gasteiger partial charge in [0.05, 0.1) is 0 Å². The molecule has 4 heteroatoms. The molecule has 4 nitrogen and oxygen atoms in total. The molecule has 0 aromatic carbocycles. The average Bonchev–Trinajstić information content (AvgIpc) is 2.32. The molecule has 0 N–H and O–H groups in total. The molecule has 1 aliphatic carbocycles. The van der Waals surface area contributed by atoms with Crippen LogP contribution in [0.5, 0.6) is 0 Å². The summed E-state index contributed by atoms with van der Waals surface area (Å²) in [6.07, 6.45) is 3.97. The number of carbonyl (C=O) groups excluding carboxylic acids is 2. The van der Waals surface area contributed by atoms with Crippen LogP contribution in [0.15, 0.2) is 0 Å². The molecule has 3 fully saturated rings. The van der Waals surface area contributed by atoms with Gasteiger partial charge in [-0.3, -0.25) is 4.79 Å². The van der Waals surface area contributed by atoms with Crippen molar-refractivity contribution < 1.29 is 19.1 Å². The van der Waals surface area contributed by atoms with Crippen LogP contribution in [-0.2, 0) is 19.1 Å². The van der Waals surface area contributed by atoms with Gasteiger partial charge >= 0.3 is 11.9 Å². The standard InChI is InChI=1S/C12H18O4.C2H6/c1-8-4-3-6-12(16-9(2)13)7-5-10(8)15-11(12)14;1-2/h8,10H,3-7H2,1-2H3;1-2H3. The fourth-order valence-electron chi connectivity index (χ4n) is 2.72. The molecule has 0 spiro atoms. The normalized spacial score (nSPS) is 34.6. The summed E-state index contributed by atoms with van der Waals surface area (Å²) in [5.74, 6) is -0.325. The average molecular weight is 256 g/mol. The summed E-state index contributed by atoms with van der Waals surface area (Å²) in [7, 11) is 0. The summed E-state index contributed by atoms with van der Waals surface area (Å²) < 4.78 is 10.6. The second kappa shape index (κ2) is 6.21. The van der Waals surface area contributed by atoms with E-state index in [9.17, 15) is 9.59 Å². The lowest BCUT2D eigenvalue weighted by atomic mass is 9.79. The minimum Gasteiger partial charge on any atom is -0.459 e. The smallest absolute Gasteiger partial charge is 0.350 e. The zero-order valence-electron chi connectivity index (χ0n) is 11.8. The molecule has 2 aliphatic heterocycles. The molecule has 2 saturated heterocycles. The van der Waals surface area contributed by atoms with E-state index in [0.717, 1.165) is 19.3 Å². The van der Waals surface area contributed by atoms with Crippen LogP contribution in [0.2, 0.25) is 0 Å². The molecule has 0 aromatic heterocycles. The number of ether oxygens (including phenoxy) is 2. The summed E-state index contributed by atoms with van der Waals surface area (Å²) in [4.78, 5) is 23.0. The Labute approximate surface area is 109 Å². The van der Waals surface area contributed by atoms with E-state index < -0.39 is 11.6 Å². The molecular weight excluding hydrogens is 232 g/mol. The van der Waals surface area contributed by atoms with Crippen LogP contribution < -0.4 is 0 Å². The van der Waals surface area contributed by atoms with Crippen molar-refractivity contribution in [2.75, 3.05) is 0 Å². The van der Waals surface area contributed by atoms with Crippen LogP contribution in [0.3, 0.4) is 0 Å². The molecule has 0 aromatic rings. The van der Waals surface area contributed by atoms with Crippen molar-refractivity contribution >= 4 is 11.9 Å². The largest absolute Gasteiger partial charge is 0.459 e. The summed E-state index contributed by atoms with van der Waals surface area (Å²) in [6, 6.07) is 0. The van der Waals surface area contributed by atoms with E-state index in [4.69, 9.17) is 9.47 Å². The highest BCUT2D eigenvalue weighted by molar-refractivity contribution is 5.83. The highest BCUT2D eigenvalue weighted by Crippen LogP contribution is 2.39. The van der Waals surface area contributed by atoms with E-state index in [-0.39, 0.29) is 12.1 Å². The monoisotopic (exact) mass is 256 g/mol. The Kier molecular flexibility index (Phi) is 5.17. The molecule has 18 heavy (non-hydrogen) atoms. The van der Waals surface area contributed by atoms with Gasteiger partial charge in [-0.25, -0.2) is 4.79 Å². The summed E-state index contributed by atoms with van der Waals surface area (Å²) >= 11 is 0. The second-order valence-electron chi connectivity index (χ2n) is 4.94. The molecule has 2 bridgehead atoms. The van der Waals surface area contributed by atoms with Gasteiger partial charge in [0.1, 0.15) is 6.10 Å². The maximum atomic E-state index is 11.9. The number of carbonyl (C=O) groups is 2. The molecule has 3 rings (SSSR count). The van der Waals surface area contributed by atoms with Gasteiger partial charge in [-0.15, -0.1) is 0 Å². The highest BCUT2D eigenvalue weighted by atomic mass is 16.6. The Morgan fingerprint density at radius 1 is 1.33 bits per heavy atom. The Morgan fingerprint density at radius 3 is 2.56 bits per heavy atom. The van der Waals surface area contributed by atoms with E-state index in [1.54, 1.807) is 0 Å². The first kappa shape index (κ1) is 15.0. The van der Waals surface area contributed by atoms with Crippen LogP contribution in [0.25, 0.3) is 0 Å². The third-order valence-electron chi connectivity index (χ3n) is 3.68. The fourth-order valence-corrected chi connectivity index (χ4v) is 2.72. The van der Waals surface area contributed by atoms with Gasteiger partial charge in [-0.1, -0.05) is 20.8 Å². The number of hydrogen-bond acceptors (Lipinski definition) is 4. The van der Waals surface area contributed by atoms with Crippen molar-refractivity contribution in [3.05, 3.63) is 0 Å². The number of esters is 2. The van der Waals surface area contributed by atoms with Gasteiger partial charge in [0.15, 0.2) is 0 Å². The molecule has 0 amide bonds. The van der Waals surface area contributed by atoms with Crippen molar-refractivity contribution in [2.24, 2.45) is 5.92 Å². The minimum absolute atomic E-state index is 0.0106. The van der Waals surface area contributed by atoms with Crippen LogP contribution in [0.1, 0.15) is 59.8 Å². The van der Waals surface area contributed by atoms with Gasteiger partial charge in [0.2, 0.25) is 5.60 Å². The fraction of sp³-hybridized carbons (Fsp3) is 0.857. The van der Waals surface area contributed by atoms with Crippen LogP contribution in [0.4, 0.5) is 0 Å². The first-order valence-electron chi connectivity index (χ1n) is 6.94. The lowest BCUT2D eigenvalue weighted by Crippen LogP contribution is -2.52. The summed E-state index contributed by atoms with van der Waals surface area (Å²) in [5, 5.41) is 0. The van der Waals surface area contributed by atoms with Crippen molar-refractivity contribution in [1.82, 2.24) is 0 Å². The zero-order valence-corrected chi connectivity index (χ0v) is 11.8. The van der Waals surface area contributed by atoms with Crippen molar-refractivity contribution in [1.29, 1.82) is 0 Å². The van der Waals surface area contributed by atoms with E-state index in [1.807, 2.05) is 13.8 Å².